The van der Waals surface area contributed by atoms with E-state index in [9.17, 15) is 4.79 Å². The number of hydrogen-bond donors (Lipinski definition) is 1. The standard InChI is InChI=1S/C13H17N3O/c1-10(7-8-14)16(2)13(17)9-11-5-3-4-6-12(11)15/h3-6,10H,7,9,15H2,1-2H3. The molecule has 17 heavy (non-hydrogen) atoms. The molecule has 4 heteroatoms. The molecule has 0 aliphatic heterocycles. The number of nitriles is 1. The van der Waals surface area contributed by atoms with Gasteiger partial charge in [-0.05, 0) is 18.6 Å². The number of amides is 1. The molecule has 0 aliphatic rings. The van der Waals surface area contributed by atoms with Gasteiger partial charge in [0, 0.05) is 18.8 Å². The van der Waals surface area contributed by atoms with Gasteiger partial charge in [-0.25, -0.2) is 0 Å². The van der Waals surface area contributed by atoms with Crippen LogP contribution in [0.15, 0.2) is 24.3 Å². The van der Waals surface area contributed by atoms with E-state index in [2.05, 4.69) is 6.07 Å². The number of carbonyl (C=O) groups is 1. The highest BCUT2D eigenvalue weighted by Gasteiger charge is 2.16. The topological polar surface area (TPSA) is 70.1 Å². The van der Waals surface area contributed by atoms with Gasteiger partial charge in [-0.2, -0.15) is 5.26 Å². The van der Waals surface area contributed by atoms with Crippen LogP contribution in [0.25, 0.3) is 0 Å². The van der Waals surface area contributed by atoms with Crippen molar-refractivity contribution in [2.24, 2.45) is 0 Å². The van der Waals surface area contributed by atoms with Crippen molar-refractivity contribution in [2.75, 3.05) is 12.8 Å². The molecule has 1 aromatic rings. The van der Waals surface area contributed by atoms with E-state index in [1.54, 1.807) is 18.0 Å². The lowest BCUT2D eigenvalue weighted by molar-refractivity contribution is -0.130. The van der Waals surface area contributed by atoms with Crippen LogP contribution in [0, 0.1) is 11.3 Å². The summed E-state index contributed by atoms with van der Waals surface area (Å²) < 4.78 is 0. The predicted molar refractivity (Wildman–Crippen MR) is 67.0 cm³/mol. The third-order valence-electron chi connectivity index (χ3n) is 2.84. The molecule has 0 spiro atoms. The number of rotatable bonds is 4. The Bertz CT molecular complexity index is 437. The molecule has 1 aromatic carbocycles. The van der Waals surface area contributed by atoms with Crippen LogP contribution in [0.3, 0.4) is 0 Å². The minimum atomic E-state index is -0.0718. The number of carbonyl (C=O) groups excluding carboxylic acids is 1. The van der Waals surface area contributed by atoms with E-state index in [0.717, 1.165) is 5.56 Å². The van der Waals surface area contributed by atoms with Crippen molar-refractivity contribution in [1.29, 1.82) is 5.26 Å². The summed E-state index contributed by atoms with van der Waals surface area (Å²) in [6, 6.07) is 9.31. The first kappa shape index (κ1) is 13.0. The number of nitrogens with zero attached hydrogens (tertiary/aromatic N) is 2. The van der Waals surface area contributed by atoms with E-state index in [1.807, 2.05) is 25.1 Å². The number of nitrogen functional groups attached to an aromatic ring is 1. The summed E-state index contributed by atoms with van der Waals surface area (Å²) in [4.78, 5) is 13.5. The summed E-state index contributed by atoms with van der Waals surface area (Å²) in [5.41, 5.74) is 7.24. The Labute approximate surface area is 102 Å². The van der Waals surface area contributed by atoms with Crippen LogP contribution in [-0.4, -0.2) is 23.9 Å². The first-order valence-electron chi connectivity index (χ1n) is 5.52. The summed E-state index contributed by atoms with van der Waals surface area (Å²) in [6.45, 7) is 1.86. The van der Waals surface area contributed by atoms with Crippen LogP contribution in [-0.2, 0) is 11.2 Å². The highest BCUT2D eigenvalue weighted by atomic mass is 16.2. The second-order valence-corrected chi connectivity index (χ2v) is 4.09. The summed E-state index contributed by atoms with van der Waals surface area (Å²) in [5, 5.41) is 8.59. The van der Waals surface area contributed by atoms with Crippen LogP contribution in [0.5, 0.6) is 0 Å². The number of benzene rings is 1. The Morgan fingerprint density at radius 3 is 2.76 bits per heavy atom. The van der Waals surface area contributed by atoms with Crippen molar-refractivity contribution in [2.45, 2.75) is 25.8 Å². The van der Waals surface area contributed by atoms with Gasteiger partial charge in [0.2, 0.25) is 5.91 Å². The van der Waals surface area contributed by atoms with E-state index in [-0.39, 0.29) is 18.4 Å². The quantitative estimate of drug-likeness (QED) is 0.800. The van der Waals surface area contributed by atoms with E-state index in [4.69, 9.17) is 11.0 Å². The van der Waals surface area contributed by atoms with E-state index >= 15 is 0 Å². The van der Waals surface area contributed by atoms with Crippen LogP contribution >= 0.6 is 0 Å². The Hall–Kier alpha value is -2.02. The Balaban J connectivity index is 2.67. The van der Waals surface area contributed by atoms with Crippen molar-refractivity contribution in [3.05, 3.63) is 29.8 Å². The smallest absolute Gasteiger partial charge is 0.227 e. The lowest BCUT2D eigenvalue weighted by Gasteiger charge is -2.23. The van der Waals surface area contributed by atoms with Crippen molar-refractivity contribution in [1.82, 2.24) is 4.90 Å². The van der Waals surface area contributed by atoms with E-state index < -0.39 is 0 Å². The molecule has 90 valence electrons. The first-order chi connectivity index (χ1) is 8.06. The number of nitrogens with two attached hydrogens (primary N) is 1. The minimum Gasteiger partial charge on any atom is -0.398 e. The van der Waals surface area contributed by atoms with Crippen LogP contribution in [0.1, 0.15) is 18.9 Å². The summed E-state index contributed by atoms with van der Waals surface area (Å²) >= 11 is 0. The fraction of sp³-hybridized carbons (Fsp3) is 0.385. The first-order valence-corrected chi connectivity index (χ1v) is 5.52. The van der Waals surface area contributed by atoms with Gasteiger partial charge in [-0.15, -0.1) is 0 Å². The van der Waals surface area contributed by atoms with Gasteiger partial charge in [0.15, 0.2) is 0 Å². The molecule has 0 aliphatic carbocycles. The summed E-state index contributed by atoms with van der Waals surface area (Å²) in [7, 11) is 1.71. The molecular weight excluding hydrogens is 214 g/mol. The molecule has 0 heterocycles. The molecule has 0 fully saturated rings. The number of anilines is 1. The Morgan fingerprint density at radius 2 is 2.18 bits per heavy atom. The van der Waals surface area contributed by atoms with Crippen molar-refractivity contribution in [3.63, 3.8) is 0 Å². The molecule has 0 saturated heterocycles. The molecule has 1 unspecified atom stereocenters. The van der Waals surface area contributed by atoms with Gasteiger partial charge in [0.25, 0.3) is 0 Å². The van der Waals surface area contributed by atoms with Gasteiger partial charge in [-0.3, -0.25) is 4.79 Å². The Kier molecular flexibility index (Phi) is 4.53. The molecule has 1 atom stereocenters. The zero-order valence-electron chi connectivity index (χ0n) is 10.2. The van der Waals surface area contributed by atoms with Crippen LogP contribution in [0.4, 0.5) is 5.69 Å². The summed E-state index contributed by atoms with van der Waals surface area (Å²) in [5.74, 6) is -0.0225. The van der Waals surface area contributed by atoms with Gasteiger partial charge < -0.3 is 10.6 Å². The van der Waals surface area contributed by atoms with Crippen molar-refractivity contribution >= 4 is 11.6 Å². The maximum atomic E-state index is 11.9. The van der Waals surface area contributed by atoms with E-state index in [0.29, 0.717) is 12.1 Å². The number of likely N-dealkylation sites (N-methyl/N-ethyl adjacent to an activating group) is 1. The molecule has 0 aromatic heterocycles. The third-order valence-corrected chi connectivity index (χ3v) is 2.84. The fourth-order valence-electron chi connectivity index (χ4n) is 1.50. The van der Waals surface area contributed by atoms with Gasteiger partial charge in [0.05, 0.1) is 18.9 Å². The normalized spacial score (nSPS) is 11.6. The highest BCUT2D eigenvalue weighted by Crippen LogP contribution is 2.13. The summed E-state index contributed by atoms with van der Waals surface area (Å²) in [6.07, 6.45) is 0.617. The monoisotopic (exact) mass is 231 g/mol. The van der Waals surface area contributed by atoms with Gasteiger partial charge in [0.1, 0.15) is 0 Å². The maximum Gasteiger partial charge on any atom is 0.227 e. The lowest BCUT2D eigenvalue weighted by Crippen LogP contribution is -2.36. The second kappa shape index (κ2) is 5.90. The average molecular weight is 231 g/mol. The lowest BCUT2D eigenvalue weighted by atomic mass is 10.1. The molecule has 4 nitrogen and oxygen atoms in total. The SMILES string of the molecule is CC(CC#N)N(C)C(=O)Cc1ccccc1N. The van der Waals surface area contributed by atoms with Gasteiger partial charge in [-0.1, -0.05) is 18.2 Å². The molecule has 2 N–H and O–H groups in total. The highest BCUT2D eigenvalue weighted by molar-refractivity contribution is 5.80. The fourth-order valence-corrected chi connectivity index (χ4v) is 1.50. The third kappa shape index (κ3) is 3.49. The minimum absolute atomic E-state index is 0.0225. The maximum absolute atomic E-state index is 11.9. The second-order valence-electron chi connectivity index (χ2n) is 4.09. The molecule has 0 saturated carbocycles. The largest absolute Gasteiger partial charge is 0.398 e. The van der Waals surface area contributed by atoms with Crippen LogP contribution in [0.2, 0.25) is 0 Å². The molecule has 0 radical (unpaired) electrons. The van der Waals surface area contributed by atoms with Crippen molar-refractivity contribution in [3.8, 4) is 6.07 Å². The number of para-hydroxylation sites is 1. The average Bonchev–Trinajstić information content (AvgIpc) is 2.31. The van der Waals surface area contributed by atoms with Crippen LogP contribution < -0.4 is 5.73 Å². The molecule has 0 bridgehead atoms. The molecular formula is C13H17N3O. The molecule has 1 rings (SSSR count). The zero-order valence-corrected chi connectivity index (χ0v) is 10.2. The van der Waals surface area contributed by atoms with Gasteiger partial charge >= 0.3 is 0 Å². The predicted octanol–water partition coefficient (Wildman–Crippen LogP) is 1.57. The molecule has 1 amide bonds. The zero-order chi connectivity index (χ0) is 12.8. The Morgan fingerprint density at radius 1 is 1.53 bits per heavy atom. The van der Waals surface area contributed by atoms with Crippen molar-refractivity contribution < 1.29 is 4.79 Å². The van der Waals surface area contributed by atoms with E-state index in [1.165, 1.54) is 0 Å². The number of hydrogen-bond acceptors (Lipinski definition) is 3.